The fourth-order valence-electron chi connectivity index (χ4n) is 3.51. The molecule has 1 aliphatic carbocycles. The SMILES string of the molecule is CCNC(=O)c1c[nH]c2ncc(Oc3ccc4c(c3)[C@H](NC(C)=O)CC4)nc12. The summed E-state index contributed by atoms with van der Waals surface area (Å²) >= 11 is 0. The summed E-state index contributed by atoms with van der Waals surface area (Å²) in [4.78, 5) is 35.3. The first-order valence-corrected chi connectivity index (χ1v) is 9.25. The van der Waals surface area contributed by atoms with E-state index in [-0.39, 0.29) is 17.9 Å². The van der Waals surface area contributed by atoms with Crippen molar-refractivity contribution in [1.29, 1.82) is 0 Å². The van der Waals surface area contributed by atoms with Crippen molar-refractivity contribution in [2.75, 3.05) is 6.54 Å². The van der Waals surface area contributed by atoms with Crippen LogP contribution < -0.4 is 15.4 Å². The van der Waals surface area contributed by atoms with Crippen LogP contribution in [0.3, 0.4) is 0 Å². The Hall–Kier alpha value is -3.42. The smallest absolute Gasteiger partial charge is 0.255 e. The third-order valence-corrected chi connectivity index (χ3v) is 4.74. The normalized spacial score (nSPS) is 15.3. The van der Waals surface area contributed by atoms with E-state index in [1.54, 1.807) is 6.20 Å². The van der Waals surface area contributed by atoms with Crippen LogP contribution in [0.1, 0.15) is 47.8 Å². The Bertz CT molecular complexity index is 1060. The molecular formula is C20H21N5O3. The molecule has 2 aromatic heterocycles. The largest absolute Gasteiger partial charge is 0.437 e. The van der Waals surface area contributed by atoms with Gasteiger partial charge in [-0.05, 0) is 43.0 Å². The molecule has 0 saturated carbocycles. The fraction of sp³-hybridized carbons (Fsp3) is 0.300. The number of rotatable bonds is 5. The highest BCUT2D eigenvalue weighted by atomic mass is 16.5. The number of ether oxygens (including phenoxy) is 1. The molecule has 1 aliphatic rings. The second-order valence-corrected chi connectivity index (χ2v) is 6.72. The number of H-pyrrole nitrogens is 1. The molecule has 144 valence electrons. The van der Waals surface area contributed by atoms with Gasteiger partial charge in [-0.2, -0.15) is 0 Å². The number of fused-ring (bicyclic) bond motifs is 2. The number of aryl methyl sites for hydroxylation is 1. The van der Waals surface area contributed by atoms with Gasteiger partial charge in [-0.25, -0.2) is 9.97 Å². The van der Waals surface area contributed by atoms with Crippen LogP contribution >= 0.6 is 0 Å². The van der Waals surface area contributed by atoms with E-state index in [0.717, 1.165) is 18.4 Å². The van der Waals surface area contributed by atoms with Crippen molar-refractivity contribution in [2.24, 2.45) is 0 Å². The van der Waals surface area contributed by atoms with E-state index < -0.39 is 0 Å². The van der Waals surface area contributed by atoms with Crippen molar-refractivity contribution in [3.8, 4) is 11.6 Å². The molecule has 2 heterocycles. The molecular weight excluding hydrogens is 358 g/mol. The molecule has 0 spiro atoms. The summed E-state index contributed by atoms with van der Waals surface area (Å²) in [7, 11) is 0. The Kier molecular flexibility index (Phi) is 4.68. The van der Waals surface area contributed by atoms with E-state index in [4.69, 9.17) is 4.74 Å². The molecule has 8 heteroatoms. The topological polar surface area (TPSA) is 109 Å². The zero-order chi connectivity index (χ0) is 19.7. The second kappa shape index (κ2) is 7.30. The number of nitrogens with one attached hydrogen (secondary N) is 3. The van der Waals surface area contributed by atoms with E-state index in [1.807, 2.05) is 25.1 Å². The third-order valence-electron chi connectivity index (χ3n) is 4.74. The number of carbonyl (C=O) groups excluding carboxylic acids is 2. The van der Waals surface area contributed by atoms with Crippen LogP contribution in [0, 0.1) is 0 Å². The van der Waals surface area contributed by atoms with E-state index in [1.165, 1.54) is 18.7 Å². The van der Waals surface area contributed by atoms with Crippen LogP contribution in [0.2, 0.25) is 0 Å². The van der Waals surface area contributed by atoms with Crippen LogP contribution in [0.5, 0.6) is 11.6 Å². The zero-order valence-corrected chi connectivity index (χ0v) is 15.7. The van der Waals surface area contributed by atoms with Gasteiger partial charge in [0, 0.05) is 19.7 Å². The van der Waals surface area contributed by atoms with Gasteiger partial charge in [0.15, 0.2) is 5.65 Å². The number of nitrogens with zero attached hydrogens (tertiary/aromatic N) is 2. The highest BCUT2D eigenvalue weighted by Gasteiger charge is 2.24. The molecule has 0 bridgehead atoms. The lowest BCUT2D eigenvalue weighted by molar-refractivity contribution is -0.119. The summed E-state index contributed by atoms with van der Waals surface area (Å²) in [6.07, 6.45) is 4.90. The predicted octanol–water partition coefficient (Wildman–Crippen LogP) is 2.62. The van der Waals surface area contributed by atoms with Crippen molar-refractivity contribution >= 4 is 23.0 Å². The monoisotopic (exact) mass is 379 g/mol. The van der Waals surface area contributed by atoms with Gasteiger partial charge in [0.25, 0.3) is 5.91 Å². The lowest BCUT2D eigenvalue weighted by atomic mass is 10.1. The first kappa shape index (κ1) is 18.0. The number of amides is 2. The molecule has 8 nitrogen and oxygen atoms in total. The molecule has 0 aliphatic heterocycles. The average molecular weight is 379 g/mol. The van der Waals surface area contributed by atoms with Crippen LogP contribution in [0.4, 0.5) is 0 Å². The fourth-order valence-corrected chi connectivity index (χ4v) is 3.51. The first-order chi connectivity index (χ1) is 13.5. The van der Waals surface area contributed by atoms with Gasteiger partial charge in [0.05, 0.1) is 17.8 Å². The third kappa shape index (κ3) is 3.40. The summed E-state index contributed by atoms with van der Waals surface area (Å²) < 4.78 is 5.90. The average Bonchev–Trinajstić information content (AvgIpc) is 3.25. The minimum Gasteiger partial charge on any atom is -0.437 e. The molecule has 0 saturated heterocycles. The lowest BCUT2D eigenvalue weighted by Crippen LogP contribution is -2.24. The minimum absolute atomic E-state index is 0.00127. The molecule has 28 heavy (non-hydrogen) atoms. The van der Waals surface area contributed by atoms with Gasteiger partial charge in [-0.3, -0.25) is 9.59 Å². The van der Waals surface area contributed by atoms with Gasteiger partial charge < -0.3 is 20.4 Å². The maximum absolute atomic E-state index is 12.2. The number of aromatic nitrogens is 3. The van der Waals surface area contributed by atoms with Crippen LogP contribution in [-0.2, 0) is 11.2 Å². The van der Waals surface area contributed by atoms with Crippen molar-refractivity contribution in [2.45, 2.75) is 32.7 Å². The molecule has 1 atom stereocenters. The van der Waals surface area contributed by atoms with E-state index in [9.17, 15) is 9.59 Å². The Morgan fingerprint density at radius 3 is 3.00 bits per heavy atom. The zero-order valence-electron chi connectivity index (χ0n) is 15.7. The van der Waals surface area contributed by atoms with Crippen LogP contribution in [-0.4, -0.2) is 33.3 Å². The summed E-state index contributed by atoms with van der Waals surface area (Å²) in [6, 6.07) is 5.81. The van der Waals surface area contributed by atoms with E-state index in [2.05, 4.69) is 25.6 Å². The van der Waals surface area contributed by atoms with E-state index >= 15 is 0 Å². The maximum atomic E-state index is 12.2. The van der Waals surface area contributed by atoms with Crippen molar-refractivity contribution in [3.63, 3.8) is 0 Å². The van der Waals surface area contributed by atoms with Crippen molar-refractivity contribution in [1.82, 2.24) is 25.6 Å². The van der Waals surface area contributed by atoms with Gasteiger partial charge >= 0.3 is 0 Å². The van der Waals surface area contributed by atoms with Gasteiger partial charge in [0.2, 0.25) is 11.8 Å². The standard InChI is InChI=1S/C20H21N5O3/c1-3-21-20(27)15-9-22-19-18(15)25-17(10-23-19)28-13-6-4-12-5-7-16(14(12)8-13)24-11(2)26/h4,6,8-10,16H,3,5,7H2,1-2H3,(H,21,27)(H,22,23)(H,24,26)/t16-/m1/s1. The molecule has 1 aromatic carbocycles. The molecule has 0 radical (unpaired) electrons. The number of hydrogen-bond donors (Lipinski definition) is 3. The molecule has 3 aromatic rings. The summed E-state index contributed by atoms with van der Waals surface area (Å²) in [5.41, 5.74) is 3.67. The number of carbonyl (C=O) groups is 2. The summed E-state index contributed by atoms with van der Waals surface area (Å²) in [5.74, 6) is 0.646. The predicted molar refractivity (Wildman–Crippen MR) is 103 cm³/mol. The quantitative estimate of drug-likeness (QED) is 0.631. The molecule has 2 amide bonds. The Labute approximate surface area is 161 Å². The Balaban J connectivity index is 1.61. The second-order valence-electron chi connectivity index (χ2n) is 6.72. The molecule has 0 fully saturated rings. The summed E-state index contributed by atoms with van der Waals surface area (Å²) in [5, 5.41) is 5.73. The minimum atomic E-state index is -0.212. The van der Waals surface area contributed by atoms with Gasteiger partial charge in [0.1, 0.15) is 11.3 Å². The lowest BCUT2D eigenvalue weighted by Gasteiger charge is -2.13. The van der Waals surface area contributed by atoms with E-state index in [0.29, 0.717) is 34.9 Å². The van der Waals surface area contributed by atoms with Crippen LogP contribution in [0.15, 0.2) is 30.6 Å². The summed E-state index contributed by atoms with van der Waals surface area (Å²) in [6.45, 7) is 3.90. The number of hydrogen-bond acceptors (Lipinski definition) is 5. The van der Waals surface area contributed by atoms with Crippen molar-refractivity contribution in [3.05, 3.63) is 47.3 Å². The van der Waals surface area contributed by atoms with Crippen molar-refractivity contribution < 1.29 is 14.3 Å². The van der Waals surface area contributed by atoms with Crippen LogP contribution in [0.25, 0.3) is 11.2 Å². The highest BCUT2D eigenvalue weighted by molar-refractivity contribution is 6.04. The van der Waals surface area contributed by atoms with Gasteiger partial charge in [-0.1, -0.05) is 6.07 Å². The molecule has 4 rings (SSSR count). The molecule has 0 unspecified atom stereocenters. The Morgan fingerprint density at radius 1 is 1.36 bits per heavy atom. The Morgan fingerprint density at radius 2 is 2.21 bits per heavy atom. The first-order valence-electron chi connectivity index (χ1n) is 9.25. The molecule has 3 N–H and O–H groups in total. The number of aromatic amines is 1. The van der Waals surface area contributed by atoms with Gasteiger partial charge in [-0.15, -0.1) is 0 Å². The highest BCUT2D eigenvalue weighted by Crippen LogP contribution is 2.35. The maximum Gasteiger partial charge on any atom is 0.255 e. The number of benzene rings is 1.